The minimum Gasteiger partial charge on any atom is -0.493 e. The van der Waals surface area contributed by atoms with Gasteiger partial charge in [-0.2, -0.15) is 0 Å². The highest BCUT2D eigenvalue weighted by atomic mass is 35.5. The fraction of sp³-hybridized carbons (Fsp3) is 0.350. The first-order valence-electron chi connectivity index (χ1n) is 8.73. The van der Waals surface area contributed by atoms with Gasteiger partial charge in [-0.1, -0.05) is 24.6 Å². The minimum atomic E-state index is -0.560. The van der Waals surface area contributed by atoms with Crippen LogP contribution in [0.4, 0.5) is 10.1 Å². The van der Waals surface area contributed by atoms with Gasteiger partial charge in [0.2, 0.25) is 5.91 Å². The van der Waals surface area contributed by atoms with Gasteiger partial charge in [-0.15, -0.1) is 0 Å². The van der Waals surface area contributed by atoms with Crippen LogP contribution in [0.25, 0.3) is 0 Å². The lowest BCUT2D eigenvalue weighted by Gasteiger charge is -2.21. The van der Waals surface area contributed by atoms with Crippen LogP contribution in [0.3, 0.4) is 0 Å². The van der Waals surface area contributed by atoms with Crippen molar-refractivity contribution in [3.63, 3.8) is 0 Å². The molecule has 0 saturated carbocycles. The molecule has 2 rings (SSSR count). The van der Waals surface area contributed by atoms with Crippen molar-refractivity contribution in [3.8, 4) is 11.5 Å². The number of ether oxygens (including phenoxy) is 2. The molecule has 0 bridgehead atoms. The highest BCUT2D eigenvalue weighted by molar-refractivity contribution is 6.30. The summed E-state index contributed by atoms with van der Waals surface area (Å²) >= 11 is 5.73. The Morgan fingerprint density at radius 1 is 1.19 bits per heavy atom. The summed E-state index contributed by atoms with van der Waals surface area (Å²) in [6, 6.07) is 9.83. The molecule has 0 heterocycles. The number of rotatable bonds is 9. The molecule has 146 valence electrons. The third-order valence-electron chi connectivity index (χ3n) is 3.95. The number of anilines is 1. The minimum absolute atomic E-state index is 0.114. The summed E-state index contributed by atoms with van der Waals surface area (Å²) in [6.07, 6.45) is 0. The van der Waals surface area contributed by atoms with Crippen molar-refractivity contribution < 1.29 is 18.7 Å². The Balaban J connectivity index is 2.01. The van der Waals surface area contributed by atoms with Crippen molar-refractivity contribution in [2.45, 2.75) is 20.4 Å². The van der Waals surface area contributed by atoms with Crippen molar-refractivity contribution in [1.29, 1.82) is 0 Å². The molecular formula is C20H24ClFN2O3. The largest absolute Gasteiger partial charge is 0.493 e. The van der Waals surface area contributed by atoms with Gasteiger partial charge in [-0.25, -0.2) is 4.39 Å². The molecule has 0 atom stereocenters. The van der Waals surface area contributed by atoms with Crippen molar-refractivity contribution in [3.05, 3.63) is 52.8 Å². The summed E-state index contributed by atoms with van der Waals surface area (Å²) in [5, 5.41) is 2.86. The maximum Gasteiger partial charge on any atom is 0.238 e. The molecule has 0 aliphatic heterocycles. The maximum atomic E-state index is 13.8. The van der Waals surface area contributed by atoms with Gasteiger partial charge in [0.15, 0.2) is 11.5 Å². The number of nitrogens with one attached hydrogen (secondary N) is 1. The van der Waals surface area contributed by atoms with Crippen molar-refractivity contribution in [2.24, 2.45) is 0 Å². The molecule has 27 heavy (non-hydrogen) atoms. The summed E-state index contributed by atoms with van der Waals surface area (Å²) in [6.45, 7) is 5.77. The summed E-state index contributed by atoms with van der Waals surface area (Å²) in [5.74, 6) is 0.479. The molecule has 0 aliphatic rings. The van der Waals surface area contributed by atoms with Crippen LogP contribution in [-0.4, -0.2) is 37.6 Å². The average Bonchev–Trinajstić information content (AvgIpc) is 2.64. The van der Waals surface area contributed by atoms with Gasteiger partial charge < -0.3 is 14.8 Å². The van der Waals surface area contributed by atoms with Crippen LogP contribution in [0.1, 0.15) is 19.4 Å². The summed E-state index contributed by atoms with van der Waals surface area (Å²) in [4.78, 5) is 14.2. The molecule has 0 radical (unpaired) electrons. The van der Waals surface area contributed by atoms with Crippen molar-refractivity contribution in [1.82, 2.24) is 4.90 Å². The SMILES string of the molecule is CCOc1ccc(CN(CC)CC(=O)Nc2ccc(Cl)cc2F)cc1OC. The van der Waals surface area contributed by atoms with E-state index in [1.54, 1.807) is 7.11 Å². The summed E-state index contributed by atoms with van der Waals surface area (Å²) < 4.78 is 24.7. The first-order valence-corrected chi connectivity index (χ1v) is 9.11. The van der Waals surface area contributed by atoms with Gasteiger partial charge in [0.1, 0.15) is 5.82 Å². The number of amides is 1. The Morgan fingerprint density at radius 2 is 1.96 bits per heavy atom. The molecule has 0 aromatic heterocycles. The molecule has 0 aliphatic carbocycles. The molecule has 1 N–H and O–H groups in total. The Hall–Kier alpha value is -2.31. The smallest absolute Gasteiger partial charge is 0.238 e. The van der Waals surface area contributed by atoms with E-state index < -0.39 is 5.82 Å². The molecule has 0 spiro atoms. The van der Waals surface area contributed by atoms with E-state index in [1.807, 2.05) is 36.9 Å². The topological polar surface area (TPSA) is 50.8 Å². The number of hydrogen-bond donors (Lipinski definition) is 1. The van der Waals surface area contributed by atoms with E-state index in [2.05, 4.69) is 5.32 Å². The third kappa shape index (κ3) is 6.12. The highest BCUT2D eigenvalue weighted by Gasteiger charge is 2.13. The predicted octanol–water partition coefficient (Wildman–Crippen LogP) is 4.35. The van der Waals surface area contributed by atoms with Gasteiger partial charge in [-0.3, -0.25) is 9.69 Å². The van der Waals surface area contributed by atoms with E-state index in [4.69, 9.17) is 21.1 Å². The second-order valence-corrected chi connectivity index (χ2v) is 6.33. The van der Waals surface area contributed by atoms with Crippen molar-refractivity contribution >= 4 is 23.2 Å². The number of nitrogens with zero attached hydrogens (tertiary/aromatic N) is 1. The van der Waals surface area contributed by atoms with Gasteiger partial charge in [0, 0.05) is 11.6 Å². The second kappa shape index (κ2) is 10.1. The first-order chi connectivity index (χ1) is 13.0. The quantitative estimate of drug-likeness (QED) is 0.687. The van der Waals surface area contributed by atoms with Gasteiger partial charge in [-0.05, 0) is 49.4 Å². The maximum absolute atomic E-state index is 13.8. The van der Waals surface area contributed by atoms with Gasteiger partial charge >= 0.3 is 0 Å². The molecule has 0 saturated heterocycles. The summed E-state index contributed by atoms with van der Waals surface area (Å²) in [5.41, 5.74) is 1.10. The third-order valence-corrected chi connectivity index (χ3v) is 4.19. The fourth-order valence-electron chi connectivity index (χ4n) is 2.61. The number of carbonyl (C=O) groups is 1. The monoisotopic (exact) mass is 394 g/mol. The zero-order chi connectivity index (χ0) is 19.8. The van der Waals surface area contributed by atoms with E-state index in [-0.39, 0.29) is 23.2 Å². The van der Waals surface area contributed by atoms with Crippen LogP contribution in [-0.2, 0) is 11.3 Å². The van der Waals surface area contributed by atoms with E-state index in [9.17, 15) is 9.18 Å². The lowest BCUT2D eigenvalue weighted by molar-refractivity contribution is -0.117. The van der Waals surface area contributed by atoms with Crippen LogP contribution >= 0.6 is 11.6 Å². The molecule has 2 aromatic rings. The van der Waals surface area contributed by atoms with Crippen LogP contribution in [0, 0.1) is 5.82 Å². The van der Waals surface area contributed by atoms with Crippen LogP contribution in [0.2, 0.25) is 5.02 Å². The molecule has 0 fully saturated rings. The number of carbonyl (C=O) groups excluding carboxylic acids is 1. The van der Waals surface area contributed by atoms with Gasteiger partial charge in [0.25, 0.3) is 0 Å². The van der Waals surface area contributed by atoms with Crippen LogP contribution in [0.15, 0.2) is 36.4 Å². The zero-order valence-electron chi connectivity index (χ0n) is 15.7. The standard InChI is InChI=1S/C20H24ClFN2O3/c1-4-24(12-14-6-9-18(27-5-2)19(10-14)26-3)13-20(25)23-17-8-7-15(21)11-16(17)22/h6-11H,4-5,12-13H2,1-3H3,(H,23,25). The molecule has 2 aromatic carbocycles. The number of methoxy groups -OCH3 is 1. The number of halogens is 2. The lowest BCUT2D eigenvalue weighted by atomic mass is 10.2. The van der Waals surface area contributed by atoms with E-state index in [0.717, 1.165) is 5.56 Å². The Labute approximate surface area is 164 Å². The van der Waals surface area contributed by atoms with Crippen LogP contribution in [0.5, 0.6) is 11.5 Å². The lowest BCUT2D eigenvalue weighted by Crippen LogP contribution is -2.33. The molecular weight excluding hydrogens is 371 g/mol. The normalized spacial score (nSPS) is 10.7. The fourth-order valence-corrected chi connectivity index (χ4v) is 2.77. The van der Waals surface area contributed by atoms with E-state index in [0.29, 0.717) is 31.2 Å². The highest BCUT2D eigenvalue weighted by Crippen LogP contribution is 2.28. The Bertz CT molecular complexity index is 786. The van der Waals surface area contributed by atoms with Crippen molar-refractivity contribution in [2.75, 3.05) is 32.1 Å². The second-order valence-electron chi connectivity index (χ2n) is 5.89. The Kier molecular flexibility index (Phi) is 7.88. The van der Waals surface area contributed by atoms with Gasteiger partial charge in [0.05, 0.1) is 25.9 Å². The molecule has 5 nitrogen and oxygen atoms in total. The zero-order valence-corrected chi connectivity index (χ0v) is 16.5. The number of likely N-dealkylation sites (N-methyl/N-ethyl adjacent to an activating group) is 1. The first kappa shape index (κ1) is 21.0. The Morgan fingerprint density at radius 3 is 2.59 bits per heavy atom. The molecule has 7 heteroatoms. The predicted molar refractivity (Wildman–Crippen MR) is 105 cm³/mol. The van der Waals surface area contributed by atoms with E-state index in [1.165, 1.54) is 18.2 Å². The van der Waals surface area contributed by atoms with Crippen LogP contribution < -0.4 is 14.8 Å². The number of benzene rings is 2. The number of hydrogen-bond acceptors (Lipinski definition) is 4. The summed E-state index contributed by atoms with van der Waals surface area (Å²) in [7, 11) is 1.59. The molecule has 1 amide bonds. The average molecular weight is 395 g/mol. The van der Waals surface area contributed by atoms with E-state index >= 15 is 0 Å². The molecule has 0 unspecified atom stereocenters.